The van der Waals surface area contributed by atoms with Gasteiger partial charge >= 0.3 is 12.1 Å². The molecule has 2 aromatic rings. The SMILES string of the molecule is CC(C)C[C@H](NC(=O)OCc1ccccc1)C(=O)N[C@H](Cc1cccc(Cl)c1)C(=O)O. The van der Waals surface area contributed by atoms with E-state index >= 15 is 0 Å². The average molecular weight is 447 g/mol. The third-order valence-corrected chi connectivity index (χ3v) is 4.71. The molecule has 0 fully saturated rings. The molecule has 0 unspecified atom stereocenters. The highest BCUT2D eigenvalue weighted by atomic mass is 35.5. The van der Waals surface area contributed by atoms with Gasteiger partial charge in [0.2, 0.25) is 5.91 Å². The van der Waals surface area contributed by atoms with Crippen molar-refractivity contribution in [2.45, 2.75) is 45.4 Å². The second-order valence-electron chi connectivity index (χ2n) is 7.62. The van der Waals surface area contributed by atoms with Crippen LogP contribution in [0.25, 0.3) is 0 Å². The van der Waals surface area contributed by atoms with Gasteiger partial charge in [0.1, 0.15) is 18.7 Å². The van der Waals surface area contributed by atoms with Gasteiger partial charge in [-0.1, -0.05) is 67.9 Å². The lowest BCUT2D eigenvalue weighted by molar-refractivity contribution is -0.142. The fraction of sp³-hybridized carbons (Fsp3) is 0.348. The number of ether oxygens (including phenoxy) is 1. The fourth-order valence-electron chi connectivity index (χ4n) is 2.98. The Kier molecular flexibility index (Phi) is 9.34. The Morgan fingerprint density at radius 1 is 0.968 bits per heavy atom. The van der Waals surface area contributed by atoms with Crippen molar-refractivity contribution in [3.05, 3.63) is 70.7 Å². The number of alkyl carbamates (subject to hydrolysis) is 1. The van der Waals surface area contributed by atoms with Crippen LogP contribution in [0.4, 0.5) is 4.79 Å². The zero-order valence-corrected chi connectivity index (χ0v) is 18.3. The summed E-state index contributed by atoms with van der Waals surface area (Å²) in [6.07, 6.45) is -0.351. The van der Waals surface area contributed by atoms with Crippen LogP contribution in [0.3, 0.4) is 0 Å². The van der Waals surface area contributed by atoms with Gasteiger partial charge in [-0.05, 0) is 35.6 Å². The van der Waals surface area contributed by atoms with Crippen LogP contribution in [0.1, 0.15) is 31.4 Å². The summed E-state index contributed by atoms with van der Waals surface area (Å²) in [5, 5.41) is 15.1. The highest BCUT2D eigenvalue weighted by Crippen LogP contribution is 2.13. The monoisotopic (exact) mass is 446 g/mol. The number of amides is 2. The summed E-state index contributed by atoms with van der Waals surface area (Å²) in [7, 11) is 0. The second kappa shape index (κ2) is 12.0. The van der Waals surface area contributed by atoms with Crippen LogP contribution in [-0.4, -0.2) is 35.2 Å². The molecule has 0 radical (unpaired) electrons. The minimum atomic E-state index is -1.18. The molecular formula is C23H27ClN2O5. The summed E-state index contributed by atoms with van der Waals surface area (Å²) in [4.78, 5) is 36.7. The lowest BCUT2D eigenvalue weighted by Gasteiger charge is -2.22. The molecule has 0 spiro atoms. The maximum Gasteiger partial charge on any atom is 0.408 e. The number of hydrogen-bond donors (Lipinski definition) is 3. The first kappa shape index (κ1) is 24.2. The van der Waals surface area contributed by atoms with Gasteiger partial charge in [0, 0.05) is 11.4 Å². The van der Waals surface area contributed by atoms with Crippen LogP contribution in [0.15, 0.2) is 54.6 Å². The summed E-state index contributed by atoms with van der Waals surface area (Å²) < 4.78 is 5.19. The van der Waals surface area contributed by atoms with Crippen molar-refractivity contribution in [3.8, 4) is 0 Å². The van der Waals surface area contributed by atoms with Crippen molar-refractivity contribution in [2.24, 2.45) is 5.92 Å². The topological polar surface area (TPSA) is 105 Å². The van der Waals surface area contributed by atoms with Crippen LogP contribution in [0.2, 0.25) is 5.02 Å². The minimum Gasteiger partial charge on any atom is -0.480 e. The molecule has 31 heavy (non-hydrogen) atoms. The molecule has 0 aliphatic heterocycles. The molecule has 2 amide bonds. The number of aliphatic carboxylic acids is 1. The van der Waals surface area contributed by atoms with Crippen LogP contribution < -0.4 is 10.6 Å². The van der Waals surface area contributed by atoms with Gasteiger partial charge in [-0.25, -0.2) is 9.59 Å². The van der Waals surface area contributed by atoms with Crippen molar-refractivity contribution in [2.75, 3.05) is 0 Å². The summed E-state index contributed by atoms with van der Waals surface area (Å²) in [5.41, 5.74) is 1.49. The Morgan fingerprint density at radius 2 is 1.65 bits per heavy atom. The van der Waals surface area contributed by atoms with Crippen molar-refractivity contribution in [3.63, 3.8) is 0 Å². The van der Waals surface area contributed by atoms with Gasteiger partial charge in [0.15, 0.2) is 0 Å². The molecule has 3 N–H and O–H groups in total. The molecule has 2 aromatic carbocycles. The Balaban J connectivity index is 2.00. The van der Waals surface area contributed by atoms with Gasteiger partial charge in [0.25, 0.3) is 0 Å². The van der Waals surface area contributed by atoms with Gasteiger partial charge in [-0.15, -0.1) is 0 Å². The average Bonchev–Trinajstić information content (AvgIpc) is 2.71. The molecule has 0 aliphatic rings. The van der Waals surface area contributed by atoms with Gasteiger partial charge in [-0.2, -0.15) is 0 Å². The van der Waals surface area contributed by atoms with Crippen molar-refractivity contribution >= 4 is 29.6 Å². The lowest BCUT2D eigenvalue weighted by atomic mass is 10.0. The largest absolute Gasteiger partial charge is 0.480 e. The zero-order valence-electron chi connectivity index (χ0n) is 17.5. The summed E-state index contributed by atoms with van der Waals surface area (Å²) in [5.74, 6) is -1.68. The zero-order chi connectivity index (χ0) is 22.8. The van der Waals surface area contributed by atoms with Crippen LogP contribution in [-0.2, 0) is 27.4 Å². The van der Waals surface area contributed by atoms with E-state index in [1.165, 1.54) is 0 Å². The number of carboxylic acid groups (broad SMARTS) is 1. The number of nitrogens with one attached hydrogen (secondary N) is 2. The van der Waals surface area contributed by atoms with Gasteiger partial charge < -0.3 is 20.5 Å². The van der Waals surface area contributed by atoms with Crippen molar-refractivity contribution < 1.29 is 24.2 Å². The molecule has 0 saturated carbocycles. The predicted molar refractivity (Wildman–Crippen MR) is 118 cm³/mol. The molecular weight excluding hydrogens is 420 g/mol. The second-order valence-corrected chi connectivity index (χ2v) is 8.06. The molecule has 8 heteroatoms. The standard InChI is InChI=1S/C23H27ClN2O5/c1-15(2)11-19(26-23(30)31-14-16-7-4-3-5-8-16)21(27)25-20(22(28)29)13-17-9-6-10-18(24)12-17/h3-10,12,15,19-20H,11,13-14H2,1-2H3,(H,25,27)(H,26,30)(H,28,29)/t19-,20+/m0/s1. The third-order valence-electron chi connectivity index (χ3n) is 4.47. The molecule has 0 aliphatic carbocycles. The Labute approximate surface area is 186 Å². The van der Waals surface area contributed by atoms with Crippen LogP contribution >= 0.6 is 11.6 Å². The fourth-order valence-corrected chi connectivity index (χ4v) is 3.19. The predicted octanol–water partition coefficient (Wildman–Crippen LogP) is 3.79. The maximum atomic E-state index is 12.8. The number of hydrogen-bond acceptors (Lipinski definition) is 4. The van der Waals surface area contributed by atoms with Crippen molar-refractivity contribution in [1.29, 1.82) is 0 Å². The Bertz CT molecular complexity index is 889. The molecule has 0 aromatic heterocycles. The van der Waals surface area contributed by atoms with Gasteiger partial charge in [0.05, 0.1) is 0 Å². The number of benzene rings is 2. The van der Waals surface area contributed by atoms with E-state index in [9.17, 15) is 19.5 Å². The Morgan fingerprint density at radius 3 is 2.26 bits per heavy atom. The number of carboxylic acids is 1. The quantitative estimate of drug-likeness (QED) is 0.515. The van der Waals surface area contributed by atoms with E-state index in [0.29, 0.717) is 17.0 Å². The number of halogens is 1. The number of rotatable bonds is 10. The smallest absolute Gasteiger partial charge is 0.408 e. The first-order chi connectivity index (χ1) is 14.7. The van der Waals surface area contributed by atoms with Crippen LogP contribution in [0, 0.1) is 5.92 Å². The van der Waals surface area contributed by atoms with E-state index < -0.39 is 30.1 Å². The maximum absolute atomic E-state index is 12.8. The van der Waals surface area contributed by atoms with E-state index in [1.807, 2.05) is 44.2 Å². The first-order valence-electron chi connectivity index (χ1n) is 9.99. The van der Waals surface area contributed by atoms with Gasteiger partial charge in [-0.3, -0.25) is 4.79 Å². The Hall–Kier alpha value is -3.06. The summed E-state index contributed by atoms with van der Waals surface area (Å²) in [6, 6.07) is 13.8. The number of carbonyl (C=O) groups is 3. The van der Waals surface area contributed by atoms with E-state index in [2.05, 4.69) is 10.6 Å². The van der Waals surface area contributed by atoms with Crippen molar-refractivity contribution in [1.82, 2.24) is 10.6 Å². The molecule has 0 saturated heterocycles. The minimum absolute atomic E-state index is 0.0640. The van der Waals surface area contributed by atoms with E-state index in [4.69, 9.17) is 16.3 Å². The first-order valence-corrected chi connectivity index (χ1v) is 10.4. The van der Waals surface area contributed by atoms with E-state index in [-0.39, 0.29) is 18.9 Å². The molecule has 2 rings (SSSR count). The summed E-state index contributed by atoms with van der Waals surface area (Å²) >= 11 is 5.96. The molecule has 0 bridgehead atoms. The van der Waals surface area contributed by atoms with E-state index in [1.54, 1.807) is 24.3 Å². The summed E-state index contributed by atoms with van der Waals surface area (Å²) in [6.45, 7) is 3.87. The highest BCUT2D eigenvalue weighted by molar-refractivity contribution is 6.30. The molecule has 166 valence electrons. The molecule has 7 nitrogen and oxygen atoms in total. The normalized spacial score (nSPS) is 12.6. The van der Waals surface area contributed by atoms with Crippen LogP contribution in [0.5, 0.6) is 0 Å². The molecule has 0 heterocycles. The number of carbonyl (C=O) groups excluding carboxylic acids is 2. The lowest BCUT2D eigenvalue weighted by Crippen LogP contribution is -2.52. The highest BCUT2D eigenvalue weighted by Gasteiger charge is 2.27. The molecule has 2 atom stereocenters. The third kappa shape index (κ3) is 8.68. The van der Waals surface area contributed by atoms with E-state index in [0.717, 1.165) is 5.56 Å².